The SMILES string of the molecule is Cc1nc(C)c(C(=O)NCc2nc(N(C)C)nc(N3CCCC3)n2)s1. The number of aryl methyl sites for hydroxylation is 2. The molecule has 25 heavy (non-hydrogen) atoms. The van der Waals surface area contributed by atoms with Gasteiger partial charge in [-0.05, 0) is 26.7 Å². The zero-order valence-electron chi connectivity index (χ0n) is 15.0. The molecule has 0 aliphatic carbocycles. The first-order chi connectivity index (χ1) is 11.9. The Kier molecular flexibility index (Phi) is 5.12. The van der Waals surface area contributed by atoms with E-state index in [0.717, 1.165) is 36.6 Å². The monoisotopic (exact) mass is 361 g/mol. The van der Waals surface area contributed by atoms with Gasteiger partial charge in [-0.2, -0.15) is 15.0 Å². The average molecular weight is 361 g/mol. The number of hydrogen-bond donors (Lipinski definition) is 1. The van der Waals surface area contributed by atoms with E-state index in [1.54, 1.807) is 0 Å². The van der Waals surface area contributed by atoms with Crippen molar-refractivity contribution in [2.75, 3.05) is 37.0 Å². The molecule has 0 atom stereocenters. The summed E-state index contributed by atoms with van der Waals surface area (Å²) in [5, 5.41) is 3.78. The van der Waals surface area contributed by atoms with Crippen molar-refractivity contribution in [2.24, 2.45) is 0 Å². The number of hydrogen-bond acceptors (Lipinski definition) is 8. The van der Waals surface area contributed by atoms with Gasteiger partial charge in [-0.25, -0.2) is 4.98 Å². The minimum Gasteiger partial charge on any atom is -0.347 e. The quantitative estimate of drug-likeness (QED) is 0.864. The molecule has 0 spiro atoms. The molecule has 0 saturated carbocycles. The fraction of sp³-hybridized carbons (Fsp3) is 0.562. The number of amides is 1. The molecule has 0 unspecified atom stereocenters. The third kappa shape index (κ3) is 4.04. The van der Waals surface area contributed by atoms with Gasteiger partial charge in [0, 0.05) is 27.2 Å². The Morgan fingerprint density at radius 2 is 1.88 bits per heavy atom. The number of nitrogens with zero attached hydrogens (tertiary/aromatic N) is 6. The summed E-state index contributed by atoms with van der Waals surface area (Å²) in [5.41, 5.74) is 0.752. The largest absolute Gasteiger partial charge is 0.347 e. The topological polar surface area (TPSA) is 87.1 Å². The van der Waals surface area contributed by atoms with Crippen molar-refractivity contribution in [1.29, 1.82) is 0 Å². The predicted molar refractivity (Wildman–Crippen MR) is 98.4 cm³/mol. The van der Waals surface area contributed by atoms with Crippen LogP contribution in [0, 0.1) is 13.8 Å². The maximum absolute atomic E-state index is 12.4. The van der Waals surface area contributed by atoms with Gasteiger partial charge in [0.2, 0.25) is 11.9 Å². The van der Waals surface area contributed by atoms with Crippen LogP contribution in [-0.4, -0.2) is 53.0 Å². The number of carbonyl (C=O) groups is 1. The minimum absolute atomic E-state index is 0.141. The first-order valence-corrected chi connectivity index (χ1v) is 9.15. The smallest absolute Gasteiger partial charge is 0.263 e. The zero-order chi connectivity index (χ0) is 18.0. The molecule has 1 N–H and O–H groups in total. The molecule has 1 fully saturated rings. The number of thiazole rings is 1. The predicted octanol–water partition coefficient (Wildman–Crippen LogP) is 1.54. The van der Waals surface area contributed by atoms with Gasteiger partial charge in [0.1, 0.15) is 4.88 Å². The van der Waals surface area contributed by atoms with E-state index in [0.29, 0.717) is 22.6 Å². The Morgan fingerprint density at radius 3 is 2.48 bits per heavy atom. The molecule has 1 aliphatic heterocycles. The molecule has 134 valence electrons. The summed E-state index contributed by atoms with van der Waals surface area (Å²) >= 11 is 1.40. The van der Waals surface area contributed by atoms with E-state index in [1.165, 1.54) is 11.3 Å². The summed E-state index contributed by atoms with van der Waals surface area (Å²) in [6.45, 7) is 5.92. The van der Waals surface area contributed by atoms with Crippen molar-refractivity contribution in [1.82, 2.24) is 25.3 Å². The van der Waals surface area contributed by atoms with E-state index in [1.807, 2.05) is 32.8 Å². The van der Waals surface area contributed by atoms with Crippen LogP contribution in [0.1, 0.15) is 39.0 Å². The summed E-state index contributed by atoms with van der Waals surface area (Å²) in [6, 6.07) is 0. The van der Waals surface area contributed by atoms with E-state index in [2.05, 4.69) is 30.2 Å². The van der Waals surface area contributed by atoms with E-state index in [-0.39, 0.29) is 12.5 Å². The molecule has 9 heteroatoms. The van der Waals surface area contributed by atoms with Crippen LogP contribution >= 0.6 is 11.3 Å². The van der Waals surface area contributed by atoms with Gasteiger partial charge in [0.25, 0.3) is 5.91 Å². The maximum atomic E-state index is 12.4. The van der Waals surface area contributed by atoms with Crippen molar-refractivity contribution < 1.29 is 4.79 Å². The Balaban J connectivity index is 1.76. The number of anilines is 2. The van der Waals surface area contributed by atoms with Gasteiger partial charge >= 0.3 is 0 Å². The fourth-order valence-corrected chi connectivity index (χ4v) is 3.55. The standard InChI is InChI=1S/C16H23N7OS/c1-10-13(25-11(2)18-10)14(24)17-9-12-19-15(22(3)4)21-16(20-12)23-7-5-6-8-23/h5-9H2,1-4H3,(H,17,24). The second-order valence-corrected chi connectivity index (χ2v) is 7.47. The highest BCUT2D eigenvalue weighted by Crippen LogP contribution is 2.19. The highest BCUT2D eigenvalue weighted by Gasteiger charge is 2.19. The van der Waals surface area contributed by atoms with Crippen molar-refractivity contribution in [2.45, 2.75) is 33.2 Å². The lowest BCUT2D eigenvalue weighted by molar-refractivity contribution is 0.0953. The van der Waals surface area contributed by atoms with Crippen LogP contribution in [0.4, 0.5) is 11.9 Å². The molecule has 1 amide bonds. The molecular weight excluding hydrogens is 338 g/mol. The molecule has 1 saturated heterocycles. The van der Waals surface area contributed by atoms with Gasteiger partial charge in [-0.1, -0.05) is 0 Å². The lowest BCUT2D eigenvalue weighted by Gasteiger charge is -2.18. The van der Waals surface area contributed by atoms with Crippen molar-refractivity contribution in [3.8, 4) is 0 Å². The number of nitrogens with one attached hydrogen (secondary N) is 1. The van der Waals surface area contributed by atoms with Crippen LogP contribution in [0.5, 0.6) is 0 Å². The van der Waals surface area contributed by atoms with E-state index < -0.39 is 0 Å². The van der Waals surface area contributed by atoms with Gasteiger partial charge in [-0.15, -0.1) is 11.3 Å². The van der Waals surface area contributed by atoms with E-state index in [4.69, 9.17) is 0 Å². The van der Waals surface area contributed by atoms with Crippen molar-refractivity contribution in [3.63, 3.8) is 0 Å². The molecule has 1 aliphatic rings. The molecule has 0 bridgehead atoms. The van der Waals surface area contributed by atoms with Crippen LogP contribution in [0.3, 0.4) is 0 Å². The van der Waals surface area contributed by atoms with Crippen LogP contribution < -0.4 is 15.1 Å². The number of aromatic nitrogens is 4. The second kappa shape index (κ2) is 7.30. The first kappa shape index (κ1) is 17.5. The first-order valence-electron chi connectivity index (χ1n) is 8.33. The third-order valence-electron chi connectivity index (χ3n) is 3.96. The molecule has 8 nitrogen and oxygen atoms in total. The molecule has 2 aromatic rings. The molecule has 3 heterocycles. The molecule has 0 radical (unpaired) electrons. The van der Waals surface area contributed by atoms with E-state index in [9.17, 15) is 4.79 Å². The summed E-state index contributed by atoms with van der Waals surface area (Å²) in [6.07, 6.45) is 2.30. The highest BCUT2D eigenvalue weighted by molar-refractivity contribution is 7.13. The summed E-state index contributed by atoms with van der Waals surface area (Å²) in [4.78, 5) is 34.8. The van der Waals surface area contributed by atoms with Gasteiger partial charge in [0.15, 0.2) is 5.82 Å². The normalized spacial score (nSPS) is 14.0. The molecule has 3 rings (SSSR count). The maximum Gasteiger partial charge on any atom is 0.263 e. The number of carbonyl (C=O) groups excluding carboxylic acids is 1. The van der Waals surface area contributed by atoms with Crippen molar-refractivity contribution in [3.05, 3.63) is 21.4 Å². The Hall–Kier alpha value is -2.29. The lowest BCUT2D eigenvalue weighted by atomic mass is 10.3. The molecule has 0 aromatic carbocycles. The van der Waals surface area contributed by atoms with Gasteiger partial charge < -0.3 is 15.1 Å². The van der Waals surface area contributed by atoms with E-state index >= 15 is 0 Å². The van der Waals surface area contributed by atoms with Crippen molar-refractivity contribution >= 4 is 29.1 Å². The summed E-state index contributed by atoms with van der Waals surface area (Å²) < 4.78 is 0. The van der Waals surface area contributed by atoms with Crippen LogP contribution in [-0.2, 0) is 6.54 Å². The van der Waals surface area contributed by atoms with Crippen LogP contribution in [0.2, 0.25) is 0 Å². The van der Waals surface area contributed by atoms with Gasteiger partial charge in [0.05, 0.1) is 17.2 Å². The fourth-order valence-electron chi connectivity index (χ4n) is 2.71. The molecular formula is C16H23N7OS. The zero-order valence-corrected chi connectivity index (χ0v) is 15.9. The van der Waals surface area contributed by atoms with Crippen LogP contribution in [0.15, 0.2) is 0 Å². The third-order valence-corrected chi connectivity index (χ3v) is 5.04. The Bertz CT molecular complexity index is 768. The summed E-state index contributed by atoms with van der Waals surface area (Å²) in [5.74, 6) is 1.71. The van der Waals surface area contributed by atoms with Gasteiger partial charge in [-0.3, -0.25) is 4.79 Å². The Morgan fingerprint density at radius 1 is 1.16 bits per heavy atom. The lowest BCUT2D eigenvalue weighted by Crippen LogP contribution is -2.27. The average Bonchev–Trinajstić information content (AvgIpc) is 3.22. The number of rotatable bonds is 5. The molecule has 2 aromatic heterocycles. The highest BCUT2D eigenvalue weighted by atomic mass is 32.1. The second-order valence-electron chi connectivity index (χ2n) is 6.27. The van der Waals surface area contributed by atoms with Crippen LogP contribution in [0.25, 0.3) is 0 Å². The summed E-state index contributed by atoms with van der Waals surface area (Å²) in [7, 11) is 3.80. The minimum atomic E-state index is -0.141. The Labute approximate surface area is 151 Å².